The number of halogens is 2. The van der Waals surface area contributed by atoms with E-state index in [1.165, 1.54) is 5.69 Å². The van der Waals surface area contributed by atoms with Crippen LogP contribution in [0.1, 0.15) is 11.1 Å². The molecule has 152 valence electrons. The van der Waals surface area contributed by atoms with Gasteiger partial charge in [0.1, 0.15) is 13.3 Å². The minimum atomic E-state index is -0.475. The average molecular weight is 453 g/mol. The van der Waals surface area contributed by atoms with Crippen molar-refractivity contribution in [3.8, 4) is 5.88 Å². The summed E-state index contributed by atoms with van der Waals surface area (Å²) in [5.41, 5.74) is 3.26. The molecule has 1 heterocycles. The number of hydrogen-bond acceptors (Lipinski definition) is 5. The Morgan fingerprint density at radius 2 is 1.61 bits per heavy atom. The van der Waals surface area contributed by atoms with Gasteiger partial charge in [-0.25, -0.2) is 9.37 Å². The number of rotatable bonds is 12. The predicted molar refractivity (Wildman–Crippen MR) is 115 cm³/mol. The Kier molecular flexibility index (Phi) is 9.96. The van der Waals surface area contributed by atoms with E-state index < -0.39 is 6.67 Å². The number of nitrogens with zero attached hydrogens (tertiary/aromatic N) is 2. The Morgan fingerprint density at radius 3 is 2.25 bits per heavy atom. The van der Waals surface area contributed by atoms with Crippen LogP contribution in [0.25, 0.3) is 12.2 Å². The van der Waals surface area contributed by atoms with Gasteiger partial charge in [-0.05, 0) is 45.3 Å². The number of anilines is 1. The zero-order valence-corrected chi connectivity index (χ0v) is 17.8. The summed E-state index contributed by atoms with van der Waals surface area (Å²) in [5.74, 6) is 0.518. The zero-order valence-electron chi connectivity index (χ0n) is 16.2. The van der Waals surface area contributed by atoms with Crippen LogP contribution in [0.4, 0.5) is 10.1 Å². The molecule has 28 heavy (non-hydrogen) atoms. The SMILES string of the molecule is CN(C)c1ccc(/C=C/c2cnc(OCCOCCOCCF)c(Br)c2)cc1. The number of aromatic nitrogens is 1. The lowest BCUT2D eigenvalue weighted by Gasteiger charge is -2.11. The smallest absolute Gasteiger partial charge is 0.228 e. The van der Waals surface area contributed by atoms with Crippen LogP contribution in [0.5, 0.6) is 5.88 Å². The van der Waals surface area contributed by atoms with Crippen LogP contribution >= 0.6 is 15.9 Å². The van der Waals surface area contributed by atoms with Crippen molar-refractivity contribution in [1.29, 1.82) is 0 Å². The summed E-state index contributed by atoms with van der Waals surface area (Å²) in [6.07, 6.45) is 5.81. The minimum Gasteiger partial charge on any atom is -0.474 e. The van der Waals surface area contributed by atoms with Crippen molar-refractivity contribution in [1.82, 2.24) is 4.98 Å². The topological polar surface area (TPSA) is 43.8 Å². The summed E-state index contributed by atoms with van der Waals surface area (Å²) in [4.78, 5) is 6.41. The molecular formula is C21H26BrFN2O3. The molecule has 0 radical (unpaired) electrons. The Morgan fingerprint density at radius 1 is 0.964 bits per heavy atom. The molecule has 0 fully saturated rings. The molecule has 0 unspecified atom stereocenters. The van der Waals surface area contributed by atoms with E-state index >= 15 is 0 Å². The first-order valence-electron chi connectivity index (χ1n) is 9.05. The molecule has 0 N–H and O–H groups in total. The standard InChI is InChI=1S/C21H26BrFN2O3/c1-25(2)19-7-5-17(6-8-19)3-4-18-15-20(22)21(24-16-18)28-14-13-27-12-11-26-10-9-23/h3-8,15-16H,9-14H2,1-2H3/b4-3+. The van der Waals surface area contributed by atoms with Gasteiger partial charge in [0.25, 0.3) is 0 Å². The van der Waals surface area contributed by atoms with Crippen molar-refractivity contribution in [2.24, 2.45) is 0 Å². The van der Waals surface area contributed by atoms with E-state index in [0.717, 1.165) is 15.6 Å². The van der Waals surface area contributed by atoms with Crippen molar-refractivity contribution >= 4 is 33.8 Å². The average Bonchev–Trinajstić information content (AvgIpc) is 2.70. The third kappa shape index (κ3) is 7.96. The second kappa shape index (κ2) is 12.5. The van der Waals surface area contributed by atoms with Gasteiger partial charge in [-0.15, -0.1) is 0 Å². The maximum absolute atomic E-state index is 11.8. The zero-order chi connectivity index (χ0) is 20.2. The van der Waals surface area contributed by atoms with Crippen LogP contribution in [0.2, 0.25) is 0 Å². The minimum absolute atomic E-state index is 0.110. The highest BCUT2D eigenvalue weighted by Gasteiger charge is 2.03. The van der Waals surface area contributed by atoms with Gasteiger partial charge in [0.05, 0.1) is 30.9 Å². The van der Waals surface area contributed by atoms with E-state index in [2.05, 4.69) is 50.1 Å². The Balaban J connectivity index is 1.78. The van der Waals surface area contributed by atoms with Crippen molar-refractivity contribution < 1.29 is 18.6 Å². The fourth-order valence-electron chi connectivity index (χ4n) is 2.29. The molecule has 0 aliphatic heterocycles. The highest BCUT2D eigenvalue weighted by atomic mass is 79.9. The lowest BCUT2D eigenvalue weighted by Crippen LogP contribution is -2.12. The molecule has 0 aliphatic rings. The molecule has 2 rings (SSSR count). The lowest BCUT2D eigenvalue weighted by molar-refractivity contribution is 0.0319. The summed E-state index contributed by atoms with van der Waals surface area (Å²) < 4.78 is 28.6. The molecule has 0 spiro atoms. The largest absolute Gasteiger partial charge is 0.474 e. The summed E-state index contributed by atoms with van der Waals surface area (Å²) in [5, 5.41) is 0. The number of hydrogen-bond donors (Lipinski definition) is 0. The Labute approximate surface area is 174 Å². The first-order valence-corrected chi connectivity index (χ1v) is 9.84. The number of ether oxygens (including phenoxy) is 3. The van der Waals surface area contributed by atoms with Crippen molar-refractivity contribution in [3.63, 3.8) is 0 Å². The summed E-state index contributed by atoms with van der Waals surface area (Å²) in [6, 6.07) is 10.3. The highest BCUT2D eigenvalue weighted by Crippen LogP contribution is 2.24. The summed E-state index contributed by atoms with van der Waals surface area (Å²) in [6.45, 7) is 1.22. The van der Waals surface area contributed by atoms with E-state index in [1.54, 1.807) is 6.20 Å². The van der Waals surface area contributed by atoms with E-state index in [1.807, 2.05) is 32.3 Å². The molecule has 1 aromatic heterocycles. The van der Waals surface area contributed by atoms with E-state index in [0.29, 0.717) is 32.3 Å². The number of pyridine rings is 1. The van der Waals surface area contributed by atoms with Gasteiger partial charge in [-0.1, -0.05) is 24.3 Å². The monoisotopic (exact) mass is 452 g/mol. The van der Waals surface area contributed by atoms with E-state index in [4.69, 9.17) is 14.2 Å². The third-order valence-electron chi connectivity index (χ3n) is 3.77. The maximum atomic E-state index is 11.8. The molecule has 7 heteroatoms. The first-order chi connectivity index (χ1) is 13.6. The third-order valence-corrected chi connectivity index (χ3v) is 4.33. The molecule has 0 aliphatic carbocycles. The second-order valence-corrected chi connectivity index (χ2v) is 6.99. The van der Waals surface area contributed by atoms with Crippen molar-refractivity contribution in [2.75, 3.05) is 58.7 Å². The van der Waals surface area contributed by atoms with Gasteiger partial charge >= 0.3 is 0 Å². The fraction of sp³-hybridized carbons (Fsp3) is 0.381. The van der Waals surface area contributed by atoms with Gasteiger partial charge in [-0.3, -0.25) is 0 Å². The van der Waals surface area contributed by atoms with Crippen LogP contribution in [0, 0.1) is 0 Å². The predicted octanol–water partition coefficient (Wildman–Crippen LogP) is 4.46. The van der Waals surface area contributed by atoms with Crippen LogP contribution in [0.3, 0.4) is 0 Å². The second-order valence-electron chi connectivity index (χ2n) is 6.14. The van der Waals surface area contributed by atoms with Crippen molar-refractivity contribution in [2.45, 2.75) is 0 Å². The highest BCUT2D eigenvalue weighted by molar-refractivity contribution is 9.10. The Bertz CT molecular complexity index is 739. The van der Waals surface area contributed by atoms with Crippen molar-refractivity contribution in [3.05, 3.63) is 52.1 Å². The molecule has 1 aromatic carbocycles. The van der Waals surface area contributed by atoms with Gasteiger partial charge in [-0.2, -0.15) is 0 Å². The molecule has 5 nitrogen and oxygen atoms in total. The van der Waals surface area contributed by atoms with E-state index in [9.17, 15) is 4.39 Å². The molecule has 2 aromatic rings. The van der Waals surface area contributed by atoms with Crippen LogP contribution in [0.15, 0.2) is 41.0 Å². The van der Waals surface area contributed by atoms with Gasteiger partial charge < -0.3 is 19.1 Å². The van der Waals surface area contributed by atoms with Gasteiger partial charge in [0.15, 0.2) is 0 Å². The number of benzene rings is 1. The molecule has 0 atom stereocenters. The molecule has 0 amide bonds. The Hall–Kier alpha value is -1.96. The molecular weight excluding hydrogens is 427 g/mol. The maximum Gasteiger partial charge on any atom is 0.228 e. The first kappa shape index (κ1) is 22.3. The lowest BCUT2D eigenvalue weighted by atomic mass is 10.1. The van der Waals surface area contributed by atoms with Gasteiger partial charge in [0, 0.05) is 26.0 Å². The van der Waals surface area contributed by atoms with Crippen LogP contribution in [-0.2, 0) is 9.47 Å². The van der Waals surface area contributed by atoms with Crippen LogP contribution < -0.4 is 9.64 Å². The summed E-state index contributed by atoms with van der Waals surface area (Å²) in [7, 11) is 4.04. The normalized spacial score (nSPS) is 11.1. The molecule has 0 bridgehead atoms. The van der Waals surface area contributed by atoms with Gasteiger partial charge in [0.2, 0.25) is 5.88 Å². The molecule has 0 saturated heterocycles. The quantitative estimate of drug-likeness (QED) is 0.444. The fourth-order valence-corrected chi connectivity index (χ4v) is 2.77. The molecule has 0 saturated carbocycles. The van der Waals surface area contributed by atoms with Crippen LogP contribution in [-0.4, -0.2) is 58.8 Å². The van der Waals surface area contributed by atoms with E-state index in [-0.39, 0.29) is 6.61 Å². The summed E-state index contributed by atoms with van der Waals surface area (Å²) >= 11 is 3.49. The number of alkyl halides is 1.